The maximum absolute atomic E-state index is 13.1. The summed E-state index contributed by atoms with van der Waals surface area (Å²) >= 11 is 0. The molecule has 1 fully saturated rings. The molecule has 1 heterocycles. The van der Waals surface area contributed by atoms with Gasteiger partial charge in [0.25, 0.3) is 0 Å². The zero-order valence-corrected chi connectivity index (χ0v) is 11.1. The normalized spacial score (nSPS) is 19.1. The highest BCUT2D eigenvalue weighted by molar-refractivity contribution is 5.20. The summed E-state index contributed by atoms with van der Waals surface area (Å²) in [5, 5.41) is 10.0. The van der Waals surface area contributed by atoms with Crippen molar-refractivity contribution < 1.29 is 13.9 Å². The second kappa shape index (κ2) is 6.96. The molecule has 0 amide bonds. The summed E-state index contributed by atoms with van der Waals surface area (Å²) in [7, 11) is 0. The van der Waals surface area contributed by atoms with Gasteiger partial charge in [-0.25, -0.2) is 8.78 Å². The summed E-state index contributed by atoms with van der Waals surface area (Å²) in [5.41, 5.74) is 0.326. The third-order valence-electron chi connectivity index (χ3n) is 3.69. The van der Waals surface area contributed by atoms with E-state index in [0.29, 0.717) is 12.0 Å². The smallest absolute Gasteiger partial charge is 0.126 e. The third kappa shape index (κ3) is 4.55. The van der Waals surface area contributed by atoms with Crippen molar-refractivity contribution in [3.05, 3.63) is 35.4 Å². The Hall–Kier alpha value is -1.00. The number of rotatable bonds is 4. The Morgan fingerprint density at radius 1 is 1.00 bits per heavy atom. The second-order valence-corrected chi connectivity index (χ2v) is 5.26. The van der Waals surface area contributed by atoms with E-state index in [0.717, 1.165) is 25.7 Å². The maximum atomic E-state index is 13.1. The van der Waals surface area contributed by atoms with Crippen molar-refractivity contribution >= 4 is 0 Å². The Kier molecular flexibility index (Phi) is 5.28. The molecule has 2 rings (SSSR count). The van der Waals surface area contributed by atoms with Crippen LogP contribution >= 0.6 is 0 Å². The fourth-order valence-corrected chi connectivity index (χ4v) is 2.60. The molecule has 106 valence electrons. The Morgan fingerprint density at radius 2 is 1.58 bits per heavy atom. The van der Waals surface area contributed by atoms with Crippen molar-refractivity contribution in [2.45, 2.75) is 38.2 Å². The van der Waals surface area contributed by atoms with Gasteiger partial charge in [-0.05, 0) is 50.0 Å². The first-order valence-corrected chi connectivity index (χ1v) is 7.01. The van der Waals surface area contributed by atoms with Crippen LogP contribution in [0, 0.1) is 11.6 Å². The van der Waals surface area contributed by atoms with Gasteiger partial charge in [-0.1, -0.05) is 12.8 Å². The van der Waals surface area contributed by atoms with E-state index in [4.69, 9.17) is 0 Å². The van der Waals surface area contributed by atoms with Gasteiger partial charge in [0.2, 0.25) is 0 Å². The molecule has 1 aromatic rings. The highest BCUT2D eigenvalue weighted by atomic mass is 19.1. The number of hydrogen-bond acceptors (Lipinski definition) is 2. The van der Waals surface area contributed by atoms with E-state index < -0.39 is 17.7 Å². The van der Waals surface area contributed by atoms with Gasteiger partial charge in [-0.3, -0.25) is 0 Å². The highest BCUT2D eigenvalue weighted by Crippen LogP contribution is 2.20. The van der Waals surface area contributed by atoms with Crippen LogP contribution < -0.4 is 0 Å². The van der Waals surface area contributed by atoms with Gasteiger partial charge in [-0.2, -0.15) is 0 Å². The van der Waals surface area contributed by atoms with Gasteiger partial charge in [0.15, 0.2) is 0 Å². The van der Waals surface area contributed by atoms with E-state index in [1.54, 1.807) is 0 Å². The molecular formula is C15H21F2NO. The lowest BCUT2D eigenvalue weighted by Gasteiger charge is -2.21. The van der Waals surface area contributed by atoms with Crippen LogP contribution in [-0.4, -0.2) is 29.6 Å². The molecule has 0 radical (unpaired) electrons. The molecular weight excluding hydrogens is 248 g/mol. The standard InChI is InChI=1S/C15H21F2NO/c16-13-9-12(10-14(17)11-13)15(19)5-8-18-6-3-1-2-4-7-18/h9-11,15,19H,1-8H2. The van der Waals surface area contributed by atoms with Gasteiger partial charge in [0.1, 0.15) is 11.6 Å². The predicted molar refractivity (Wildman–Crippen MR) is 70.8 cm³/mol. The summed E-state index contributed by atoms with van der Waals surface area (Å²) in [6.45, 7) is 2.90. The molecule has 1 aromatic carbocycles. The Morgan fingerprint density at radius 3 is 2.16 bits per heavy atom. The average molecular weight is 269 g/mol. The second-order valence-electron chi connectivity index (χ2n) is 5.26. The van der Waals surface area contributed by atoms with Crippen LogP contribution in [0.15, 0.2) is 18.2 Å². The Bertz CT molecular complexity index is 383. The molecule has 1 saturated heterocycles. The van der Waals surface area contributed by atoms with Gasteiger partial charge >= 0.3 is 0 Å². The lowest BCUT2D eigenvalue weighted by atomic mass is 10.1. The van der Waals surface area contributed by atoms with Crippen LogP contribution in [0.2, 0.25) is 0 Å². The minimum absolute atomic E-state index is 0.326. The van der Waals surface area contributed by atoms with Crippen LogP contribution in [0.3, 0.4) is 0 Å². The fraction of sp³-hybridized carbons (Fsp3) is 0.600. The molecule has 1 atom stereocenters. The topological polar surface area (TPSA) is 23.5 Å². The van der Waals surface area contributed by atoms with Crippen molar-refractivity contribution in [1.82, 2.24) is 4.90 Å². The minimum atomic E-state index is -0.798. The molecule has 0 spiro atoms. The van der Waals surface area contributed by atoms with Crippen molar-refractivity contribution in [3.8, 4) is 0 Å². The van der Waals surface area contributed by atoms with E-state index >= 15 is 0 Å². The maximum Gasteiger partial charge on any atom is 0.126 e. The number of aliphatic hydroxyl groups excluding tert-OH is 1. The molecule has 4 heteroatoms. The quantitative estimate of drug-likeness (QED) is 0.907. The SMILES string of the molecule is OC(CCN1CCCCCC1)c1cc(F)cc(F)c1. The first-order valence-electron chi connectivity index (χ1n) is 7.01. The van der Waals surface area contributed by atoms with Crippen LogP contribution in [0.25, 0.3) is 0 Å². The minimum Gasteiger partial charge on any atom is -0.388 e. The number of aliphatic hydroxyl groups is 1. The van der Waals surface area contributed by atoms with E-state index in [-0.39, 0.29) is 0 Å². The predicted octanol–water partition coefficient (Wildman–Crippen LogP) is 3.26. The molecule has 1 unspecified atom stereocenters. The summed E-state index contributed by atoms with van der Waals surface area (Å²) in [6, 6.07) is 3.23. The summed E-state index contributed by atoms with van der Waals surface area (Å²) in [5.74, 6) is -1.27. The number of benzene rings is 1. The zero-order valence-electron chi connectivity index (χ0n) is 11.1. The van der Waals surface area contributed by atoms with E-state index in [1.807, 2.05) is 0 Å². The van der Waals surface area contributed by atoms with Gasteiger partial charge in [-0.15, -0.1) is 0 Å². The largest absolute Gasteiger partial charge is 0.388 e. The molecule has 0 saturated carbocycles. The molecule has 19 heavy (non-hydrogen) atoms. The zero-order chi connectivity index (χ0) is 13.7. The van der Waals surface area contributed by atoms with Crippen molar-refractivity contribution in [2.75, 3.05) is 19.6 Å². The lowest BCUT2D eigenvalue weighted by Crippen LogP contribution is -2.26. The van der Waals surface area contributed by atoms with E-state index in [1.165, 1.54) is 37.8 Å². The molecule has 2 nitrogen and oxygen atoms in total. The van der Waals surface area contributed by atoms with Gasteiger partial charge in [0, 0.05) is 12.6 Å². The van der Waals surface area contributed by atoms with Crippen molar-refractivity contribution in [1.29, 1.82) is 0 Å². The van der Waals surface area contributed by atoms with Crippen molar-refractivity contribution in [3.63, 3.8) is 0 Å². The van der Waals surface area contributed by atoms with Gasteiger partial charge in [0.05, 0.1) is 6.10 Å². The summed E-state index contributed by atoms with van der Waals surface area (Å²) in [4.78, 5) is 2.33. The van der Waals surface area contributed by atoms with Crippen LogP contribution in [0.5, 0.6) is 0 Å². The molecule has 0 aromatic heterocycles. The van der Waals surface area contributed by atoms with Crippen LogP contribution in [-0.2, 0) is 0 Å². The molecule has 0 bridgehead atoms. The molecule has 1 N–H and O–H groups in total. The molecule has 1 aliphatic heterocycles. The number of nitrogens with zero attached hydrogens (tertiary/aromatic N) is 1. The van der Waals surface area contributed by atoms with Gasteiger partial charge < -0.3 is 10.0 Å². The van der Waals surface area contributed by atoms with Crippen molar-refractivity contribution in [2.24, 2.45) is 0 Å². The highest BCUT2D eigenvalue weighted by Gasteiger charge is 2.14. The first-order chi connectivity index (χ1) is 9.15. The number of likely N-dealkylation sites (tertiary alicyclic amines) is 1. The number of halogens is 2. The average Bonchev–Trinajstić information content (AvgIpc) is 2.63. The van der Waals surface area contributed by atoms with Crippen LogP contribution in [0.4, 0.5) is 8.78 Å². The first kappa shape index (κ1) is 14.4. The lowest BCUT2D eigenvalue weighted by molar-refractivity contribution is 0.142. The Balaban J connectivity index is 1.87. The molecule has 1 aliphatic rings. The third-order valence-corrected chi connectivity index (χ3v) is 3.69. The fourth-order valence-electron chi connectivity index (χ4n) is 2.60. The summed E-state index contributed by atoms with van der Waals surface area (Å²) < 4.78 is 26.2. The monoisotopic (exact) mass is 269 g/mol. The van der Waals surface area contributed by atoms with E-state index in [2.05, 4.69) is 4.90 Å². The summed E-state index contributed by atoms with van der Waals surface area (Å²) in [6.07, 6.45) is 4.66. The molecule has 0 aliphatic carbocycles. The number of hydrogen-bond donors (Lipinski definition) is 1. The van der Waals surface area contributed by atoms with Crippen LogP contribution in [0.1, 0.15) is 43.8 Å². The van der Waals surface area contributed by atoms with E-state index in [9.17, 15) is 13.9 Å². The Labute approximate surface area is 113 Å².